The number of carbonyl (C=O) groups excluding carboxylic acids is 2. The van der Waals surface area contributed by atoms with Crippen molar-refractivity contribution in [2.45, 2.75) is 39.3 Å². The van der Waals surface area contributed by atoms with Crippen LogP contribution < -0.4 is 10.6 Å². The lowest BCUT2D eigenvalue weighted by molar-refractivity contribution is -0.146. The number of halogens is 1. The first-order chi connectivity index (χ1) is 14.9. The molecular formula is C21H25ClN6O3. The van der Waals surface area contributed by atoms with Gasteiger partial charge in [0.1, 0.15) is 11.9 Å². The molecule has 0 aliphatic heterocycles. The lowest BCUT2D eigenvalue weighted by Gasteiger charge is -2.19. The van der Waals surface area contributed by atoms with Crippen LogP contribution in [0.25, 0.3) is 5.65 Å². The molecule has 3 aromatic rings. The van der Waals surface area contributed by atoms with Crippen LogP contribution in [0.5, 0.6) is 0 Å². The Hall–Kier alpha value is -3.20. The molecule has 0 bridgehead atoms. The van der Waals surface area contributed by atoms with Crippen LogP contribution in [-0.2, 0) is 27.3 Å². The van der Waals surface area contributed by atoms with Gasteiger partial charge < -0.3 is 15.4 Å². The zero-order valence-electron chi connectivity index (χ0n) is 17.6. The van der Waals surface area contributed by atoms with E-state index < -0.39 is 12.0 Å². The molecule has 31 heavy (non-hydrogen) atoms. The highest BCUT2D eigenvalue weighted by molar-refractivity contribution is 6.31. The minimum absolute atomic E-state index is 0.0845. The van der Waals surface area contributed by atoms with Gasteiger partial charge in [0.2, 0.25) is 5.91 Å². The van der Waals surface area contributed by atoms with Crippen LogP contribution in [0.15, 0.2) is 36.4 Å². The van der Waals surface area contributed by atoms with Crippen LogP contribution in [0.4, 0.5) is 5.82 Å². The number of anilines is 1. The Kier molecular flexibility index (Phi) is 7.41. The van der Waals surface area contributed by atoms with E-state index in [1.165, 1.54) is 7.11 Å². The van der Waals surface area contributed by atoms with Crippen LogP contribution in [0.3, 0.4) is 0 Å². The summed E-state index contributed by atoms with van der Waals surface area (Å²) in [5.41, 5.74) is 1.53. The number of nitrogens with one attached hydrogen (secondary N) is 2. The predicted molar refractivity (Wildman–Crippen MR) is 117 cm³/mol. The van der Waals surface area contributed by atoms with Crippen molar-refractivity contribution in [2.24, 2.45) is 5.92 Å². The molecule has 2 N–H and O–H groups in total. The largest absolute Gasteiger partial charge is 0.467 e. The molecule has 0 aliphatic carbocycles. The molecule has 9 nitrogen and oxygen atoms in total. The summed E-state index contributed by atoms with van der Waals surface area (Å²) in [5.74, 6) is 0.356. The minimum atomic E-state index is -0.689. The molecule has 0 aliphatic rings. The molecule has 0 spiro atoms. The Morgan fingerprint density at radius 3 is 2.65 bits per heavy atom. The number of carbonyl (C=O) groups is 2. The van der Waals surface area contributed by atoms with Crippen molar-refractivity contribution in [3.05, 3.63) is 52.8 Å². The van der Waals surface area contributed by atoms with E-state index in [4.69, 9.17) is 16.3 Å². The molecule has 1 unspecified atom stereocenters. The quantitative estimate of drug-likeness (QED) is 0.488. The first kappa shape index (κ1) is 22.5. The first-order valence-corrected chi connectivity index (χ1v) is 10.3. The van der Waals surface area contributed by atoms with Crippen molar-refractivity contribution in [2.75, 3.05) is 12.4 Å². The second kappa shape index (κ2) is 10.2. The monoisotopic (exact) mass is 444 g/mol. The van der Waals surface area contributed by atoms with E-state index in [1.807, 2.05) is 38.1 Å². The summed E-state index contributed by atoms with van der Waals surface area (Å²) in [4.78, 5) is 24.2. The topological polar surface area (TPSA) is 111 Å². The molecule has 0 saturated carbocycles. The number of amides is 1. The summed E-state index contributed by atoms with van der Waals surface area (Å²) in [6.45, 7) is 4.20. The summed E-state index contributed by atoms with van der Waals surface area (Å²) >= 11 is 6.20. The average molecular weight is 445 g/mol. The molecule has 10 heteroatoms. The van der Waals surface area contributed by atoms with Crippen molar-refractivity contribution in [3.8, 4) is 0 Å². The van der Waals surface area contributed by atoms with Crippen molar-refractivity contribution >= 4 is 34.9 Å². The van der Waals surface area contributed by atoms with Crippen LogP contribution >= 0.6 is 11.6 Å². The molecule has 164 valence electrons. The van der Waals surface area contributed by atoms with Gasteiger partial charge >= 0.3 is 5.97 Å². The van der Waals surface area contributed by atoms with Gasteiger partial charge in [-0.3, -0.25) is 4.79 Å². The highest BCUT2D eigenvalue weighted by atomic mass is 35.5. The Bertz CT molecular complexity index is 1070. The van der Waals surface area contributed by atoms with Crippen LogP contribution in [0.2, 0.25) is 5.02 Å². The van der Waals surface area contributed by atoms with Gasteiger partial charge in [0.25, 0.3) is 0 Å². The molecule has 2 heterocycles. The van der Waals surface area contributed by atoms with Gasteiger partial charge in [0, 0.05) is 24.4 Å². The highest BCUT2D eigenvalue weighted by Gasteiger charge is 2.24. The number of fused-ring (bicyclic) bond motifs is 1. The van der Waals surface area contributed by atoms with Gasteiger partial charge in [-0.15, -0.1) is 15.3 Å². The Morgan fingerprint density at radius 1 is 1.16 bits per heavy atom. The van der Waals surface area contributed by atoms with Gasteiger partial charge in [-0.25, -0.2) is 4.79 Å². The summed E-state index contributed by atoms with van der Waals surface area (Å²) in [7, 11) is 1.30. The second-order valence-corrected chi connectivity index (χ2v) is 7.77. The number of ether oxygens (including phenoxy) is 1. The van der Waals surface area contributed by atoms with Gasteiger partial charge in [0.15, 0.2) is 11.5 Å². The third-order valence-corrected chi connectivity index (χ3v) is 5.13. The fraction of sp³-hybridized carbons (Fsp3) is 0.381. The minimum Gasteiger partial charge on any atom is -0.467 e. The van der Waals surface area contributed by atoms with Crippen LogP contribution in [0, 0.1) is 5.92 Å². The lowest BCUT2D eigenvalue weighted by Crippen LogP contribution is -2.45. The SMILES string of the molecule is COC(=O)C(NC(=O)CCc1nnc2ccc(NCc3ccccc3Cl)nn12)C(C)C. The van der Waals surface area contributed by atoms with Crippen molar-refractivity contribution < 1.29 is 14.3 Å². The van der Waals surface area contributed by atoms with E-state index in [2.05, 4.69) is 25.9 Å². The zero-order chi connectivity index (χ0) is 22.4. The van der Waals surface area contributed by atoms with Crippen molar-refractivity contribution in [1.82, 2.24) is 25.1 Å². The first-order valence-electron chi connectivity index (χ1n) is 9.95. The predicted octanol–water partition coefficient (Wildman–Crippen LogP) is 2.64. The standard InChI is InChI=1S/C21H25ClN6O3/c1-13(2)20(21(30)31-3)24-19(29)11-10-18-26-25-17-9-8-16(27-28(17)18)23-12-14-6-4-5-7-15(14)22/h4-9,13,20H,10-12H2,1-3H3,(H,23,27)(H,24,29). The fourth-order valence-corrected chi connectivity index (χ4v) is 3.21. The Balaban J connectivity index is 1.64. The summed E-state index contributed by atoms with van der Waals surface area (Å²) in [5, 5.41) is 19.4. The molecule has 1 amide bonds. The normalized spacial score (nSPS) is 12.0. The van der Waals surface area contributed by atoms with Crippen molar-refractivity contribution in [1.29, 1.82) is 0 Å². The molecule has 0 fully saturated rings. The molecule has 0 radical (unpaired) electrons. The number of aromatic nitrogens is 4. The van der Waals surface area contributed by atoms with E-state index in [-0.39, 0.29) is 18.2 Å². The Morgan fingerprint density at radius 2 is 1.94 bits per heavy atom. The maximum atomic E-state index is 12.3. The maximum Gasteiger partial charge on any atom is 0.328 e. The van der Waals surface area contributed by atoms with Crippen LogP contribution in [-0.4, -0.2) is 44.8 Å². The number of aryl methyl sites for hydroxylation is 1. The number of benzene rings is 1. The molecular weight excluding hydrogens is 420 g/mol. The number of hydrogen-bond acceptors (Lipinski definition) is 7. The maximum absolute atomic E-state index is 12.3. The molecule has 1 atom stereocenters. The average Bonchev–Trinajstić information content (AvgIpc) is 3.17. The van der Waals surface area contributed by atoms with Gasteiger partial charge in [-0.1, -0.05) is 43.6 Å². The van der Waals surface area contributed by atoms with E-state index in [0.717, 1.165) is 5.56 Å². The molecule has 3 rings (SSSR count). The smallest absolute Gasteiger partial charge is 0.328 e. The number of rotatable bonds is 9. The third-order valence-electron chi connectivity index (χ3n) is 4.76. The number of esters is 1. The van der Waals surface area contributed by atoms with E-state index in [1.54, 1.807) is 16.6 Å². The van der Waals surface area contributed by atoms with Gasteiger partial charge in [0.05, 0.1) is 7.11 Å². The Labute approximate surface area is 185 Å². The second-order valence-electron chi connectivity index (χ2n) is 7.36. The van der Waals surface area contributed by atoms with Crippen LogP contribution in [0.1, 0.15) is 31.7 Å². The van der Waals surface area contributed by atoms with Gasteiger partial charge in [-0.2, -0.15) is 4.52 Å². The summed E-state index contributed by atoms with van der Waals surface area (Å²) in [6.07, 6.45) is 0.458. The van der Waals surface area contributed by atoms with E-state index in [0.29, 0.717) is 35.3 Å². The van der Waals surface area contributed by atoms with E-state index in [9.17, 15) is 9.59 Å². The van der Waals surface area contributed by atoms with Crippen molar-refractivity contribution in [3.63, 3.8) is 0 Å². The zero-order valence-corrected chi connectivity index (χ0v) is 18.4. The summed E-state index contributed by atoms with van der Waals surface area (Å²) in [6, 6.07) is 10.5. The summed E-state index contributed by atoms with van der Waals surface area (Å²) < 4.78 is 6.35. The lowest BCUT2D eigenvalue weighted by atomic mass is 10.0. The fourth-order valence-electron chi connectivity index (χ4n) is 3.01. The number of nitrogens with zero attached hydrogens (tertiary/aromatic N) is 4. The molecule has 2 aromatic heterocycles. The molecule has 0 saturated heterocycles. The van der Waals surface area contributed by atoms with E-state index >= 15 is 0 Å². The number of hydrogen-bond donors (Lipinski definition) is 2. The highest BCUT2D eigenvalue weighted by Crippen LogP contribution is 2.17. The van der Waals surface area contributed by atoms with Gasteiger partial charge in [-0.05, 0) is 29.7 Å². The number of methoxy groups -OCH3 is 1. The molecule has 1 aromatic carbocycles. The third kappa shape index (κ3) is 5.69.